The van der Waals surface area contributed by atoms with Crippen molar-refractivity contribution in [1.29, 1.82) is 0 Å². The predicted molar refractivity (Wildman–Crippen MR) is 72.8 cm³/mol. The van der Waals surface area contributed by atoms with Gasteiger partial charge in [0.1, 0.15) is 0 Å². The number of amides is 1. The van der Waals surface area contributed by atoms with Gasteiger partial charge in [-0.3, -0.25) is 9.48 Å². The van der Waals surface area contributed by atoms with E-state index in [0.29, 0.717) is 25.9 Å². The fourth-order valence-corrected chi connectivity index (χ4v) is 2.22. The molecule has 0 saturated carbocycles. The molecule has 0 radical (unpaired) electrons. The van der Waals surface area contributed by atoms with Gasteiger partial charge in [0.05, 0.1) is 23.1 Å². The minimum atomic E-state index is -0.738. The lowest BCUT2D eigenvalue weighted by molar-refractivity contribution is -0.127. The number of carbonyl (C=O) groups is 1. The Balaban J connectivity index is 2.55. The number of nitrogens with zero attached hydrogens (tertiary/aromatic N) is 3. The molecule has 1 aromatic rings. The highest BCUT2D eigenvalue weighted by Gasteiger charge is 2.37. The number of hydrogen-bond acceptors (Lipinski definition) is 4. The van der Waals surface area contributed by atoms with Crippen molar-refractivity contribution in [1.82, 2.24) is 20.3 Å². The van der Waals surface area contributed by atoms with Gasteiger partial charge < -0.3 is 11.1 Å². The summed E-state index contributed by atoms with van der Waals surface area (Å²) in [5.41, 5.74) is 4.96. The first-order valence-electron chi connectivity index (χ1n) is 5.99. The van der Waals surface area contributed by atoms with Crippen LogP contribution in [0.5, 0.6) is 0 Å². The van der Waals surface area contributed by atoms with E-state index in [9.17, 15) is 4.79 Å². The zero-order chi connectivity index (χ0) is 13.6. The van der Waals surface area contributed by atoms with Crippen molar-refractivity contribution in [3.05, 3.63) is 12.4 Å². The Hall–Kier alpha value is -1.50. The maximum atomic E-state index is 12.2. The van der Waals surface area contributed by atoms with E-state index in [-0.39, 0.29) is 10.9 Å². The number of thiocarbonyl (C=S) groups is 1. The molecule has 0 aromatic carbocycles. The normalized spacial score (nSPS) is 11.2. The Morgan fingerprint density at radius 3 is 2.61 bits per heavy atom. The molecule has 100 valence electrons. The van der Waals surface area contributed by atoms with Crippen molar-refractivity contribution in [2.45, 2.75) is 33.2 Å². The molecule has 3 N–H and O–H groups in total. The van der Waals surface area contributed by atoms with Crippen LogP contribution in [-0.2, 0) is 11.3 Å². The Kier molecular flexibility index (Phi) is 5.21. The number of rotatable bonds is 7. The van der Waals surface area contributed by atoms with Crippen LogP contribution in [-0.4, -0.2) is 32.4 Å². The summed E-state index contributed by atoms with van der Waals surface area (Å²) < 4.78 is 1.65. The molecule has 0 fully saturated rings. The van der Waals surface area contributed by atoms with Gasteiger partial charge in [0.15, 0.2) is 0 Å². The van der Waals surface area contributed by atoms with Gasteiger partial charge in [-0.05, 0) is 12.8 Å². The zero-order valence-electron chi connectivity index (χ0n) is 10.7. The second-order valence-corrected chi connectivity index (χ2v) is 4.52. The Morgan fingerprint density at radius 1 is 1.50 bits per heavy atom. The molecule has 1 rings (SSSR count). The molecule has 0 aliphatic heterocycles. The maximum Gasteiger partial charge on any atom is 0.233 e. The molecule has 0 unspecified atom stereocenters. The van der Waals surface area contributed by atoms with Crippen molar-refractivity contribution in [2.75, 3.05) is 6.54 Å². The van der Waals surface area contributed by atoms with Gasteiger partial charge in [-0.2, -0.15) is 0 Å². The van der Waals surface area contributed by atoms with E-state index in [1.807, 2.05) is 13.8 Å². The molecular formula is C11H19N5OS. The molecule has 0 spiro atoms. The number of hydrogen-bond donors (Lipinski definition) is 2. The molecule has 1 amide bonds. The summed E-state index contributed by atoms with van der Waals surface area (Å²) in [6.45, 7) is 4.89. The first kappa shape index (κ1) is 14.6. The highest BCUT2D eigenvalue weighted by Crippen LogP contribution is 2.26. The van der Waals surface area contributed by atoms with Crippen molar-refractivity contribution < 1.29 is 4.79 Å². The van der Waals surface area contributed by atoms with Crippen LogP contribution < -0.4 is 11.1 Å². The minimum absolute atomic E-state index is 0.111. The first-order chi connectivity index (χ1) is 8.56. The summed E-state index contributed by atoms with van der Waals surface area (Å²) in [4.78, 5) is 12.4. The molecule has 6 nitrogen and oxygen atoms in total. The lowest BCUT2D eigenvalue weighted by Gasteiger charge is -2.28. The van der Waals surface area contributed by atoms with E-state index in [4.69, 9.17) is 18.0 Å². The summed E-state index contributed by atoms with van der Waals surface area (Å²) in [7, 11) is 0. The van der Waals surface area contributed by atoms with E-state index in [2.05, 4.69) is 15.6 Å². The summed E-state index contributed by atoms with van der Waals surface area (Å²) >= 11 is 5.02. The molecule has 0 bridgehead atoms. The second kappa shape index (κ2) is 6.44. The van der Waals surface area contributed by atoms with E-state index in [1.54, 1.807) is 17.1 Å². The summed E-state index contributed by atoms with van der Waals surface area (Å²) in [6.07, 6.45) is 4.55. The lowest BCUT2D eigenvalue weighted by atomic mass is 9.81. The minimum Gasteiger partial charge on any atom is -0.392 e. The average Bonchev–Trinajstić information content (AvgIpc) is 2.84. The number of carbonyl (C=O) groups excluding carboxylic acids is 1. The fourth-order valence-electron chi connectivity index (χ4n) is 1.84. The quantitative estimate of drug-likeness (QED) is 0.703. The van der Waals surface area contributed by atoms with Gasteiger partial charge >= 0.3 is 0 Å². The summed E-state index contributed by atoms with van der Waals surface area (Å²) in [6, 6.07) is 0. The van der Waals surface area contributed by atoms with Gasteiger partial charge in [0.25, 0.3) is 0 Å². The lowest BCUT2D eigenvalue weighted by Crippen LogP contribution is -2.48. The third-order valence-electron chi connectivity index (χ3n) is 3.21. The molecule has 0 saturated heterocycles. The van der Waals surface area contributed by atoms with E-state index in [0.717, 1.165) is 0 Å². The van der Waals surface area contributed by atoms with Crippen LogP contribution in [0.15, 0.2) is 12.4 Å². The molecular weight excluding hydrogens is 250 g/mol. The topological polar surface area (TPSA) is 85.8 Å². The summed E-state index contributed by atoms with van der Waals surface area (Å²) in [5.74, 6) is -0.111. The first-order valence-corrected chi connectivity index (χ1v) is 6.40. The van der Waals surface area contributed by atoms with Crippen molar-refractivity contribution in [2.24, 2.45) is 11.1 Å². The highest BCUT2D eigenvalue weighted by atomic mass is 32.1. The van der Waals surface area contributed by atoms with Crippen LogP contribution >= 0.6 is 12.2 Å². The van der Waals surface area contributed by atoms with Crippen LogP contribution in [0.2, 0.25) is 0 Å². The van der Waals surface area contributed by atoms with Gasteiger partial charge in [0.2, 0.25) is 5.91 Å². The maximum absolute atomic E-state index is 12.2. The van der Waals surface area contributed by atoms with Crippen LogP contribution in [0.25, 0.3) is 0 Å². The average molecular weight is 269 g/mol. The number of nitrogens with two attached hydrogens (primary N) is 1. The number of aromatic nitrogens is 3. The van der Waals surface area contributed by atoms with Crippen molar-refractivity contribution in [3.8, 4) is 0 Å². The smallest absolute Gasteiger partial charge is 0.233 e. The Labute approximate surface area is 112 Å². The van der Waals surface area contributed by atoms with E-state index < -0.39 is 5.41 Å². The highest BCUT2D eigenvalue weighted by molar-refractivity contribution is 7.80. The molecule has 0 atom stereocenters. The van der Waals surface area contributed by atoms with Crippen LogP contribution in [0, 0.1) is 5.41 Å². The van der Waals surface area contributed by atoms with Crippen LogP contribution in [0.1, 0.15) is 26.7 Å². The van der Waals surface area contributed by atoms with Crippen LogP contribution in [0.3, 0.4) is 0 Å². The van der Waals surface area contributed by atoms with Gasteiger partial charge in [-0.25, -0.2) is 0 Å². The van der Waals surface area contributed by atoms with E-state index in [1.165, 1.54) is 0 Å². The van der Waals surface area contributed by atoms with Gasteiger partial charge in [-0.15, -0.1) is 5.10 Å². The molecule has 0 aliphatic carbocycles. The SMILES string of the molecule is CCC(CC)(C(=O)NCCn1ccnn1)C(N)=S. The Bertz CT molecular complexity index is 400. The molecule has 0 aliphatic rings. The Morgan fingerprint density at radius 2 is 2.17 bits per heavy atom. The fraction of sp³-hybridized carbons (Fsp3) is 0.636. The third kappa shape index (κ3) is 3.04. The third-order valence-corrected chi connectivity index (χ3v) is 3.60. The zero-order valence-corrected chi connectivity index (χ0v) is 11.5. The standard InChI is InChI=1S/C11H19N5OS/c1-3-11(4-2,9(12)18)10(17)13-5-7-16-8-6-14-15-16/h6,8H,3-5,7H2,1-2H3,(H2,12,18)(H,13,17). The molecule has 1 aromatic heterocycles. The van der Waals surface area contributed by atoms with Crippen LogP contribution in [0.4, 0.5) is 0 Å². The number of nitrogens with one attached hydrogen (secondary N) is 1. The molecule has 1 heterocycles. The van der Waals surface area contributed by atoms with Crippen molar-refractivity contribution in [3.63, 3.8) is 0 Å². The predicted octanol–water partition coefficient (Wildman–Crippen LogP) is 0.487. The second-order valence-electron chi connectivity index (χ2n) is 4.08. The van der Waals surface area contributed by atoms with Crippen molar-refractivity contribution >= 4 is 23.1 Å². The molecule has 18 heavy (non-hydrogen) atoms. The van der Waals surface area contributed by atoms with E-state index >= 15 is 0 Å². The molecule has 7 heteroatoms. The van der Waals surface area contributed by atoms with Gasteiger partial charge in [0, 0.05) is 12.7 Å². The largest absolute Gasteiger partial charge is 0.392 e. The monoisotopic (exact) mass is 269 g/mol. The van der Waals surface area contributed by atoms with Gasteiger partial charge in [-0.1, -0.05) is 31.3 Å². The summed E-state index contributed by atoms with van der Waals surface area (Å²) in [5, 5.41) is 10.4.